The Morgan fingerprint density at radius 2 is 2.07 bits per heavy atom. The molecule has 0 saturated carbocycles. The first kappa shape index (κ1) is 8.71. The first-order chi connectivity index (χ1) is 6.74. The Balaban J connectivity index is 2.89. The Labute approximate surface area is 79.3 Å². The van der Waals surface area contributed by atoms with Gasteiger partial charge in [-0.15, -0.1) is 0 Å². The molecule has 72 valence electrons. The fourth-order valence-corrected chi connectivity index (χ4v) is 1.32. The minimum absolute atomic E-state index is 0.238. The fraction of sp³-hybridized carbons (Fsp3) is 0.111. The van der Waals surface area contributed by atoms with Gasteiger partial charge in [0.05, 0.1) is 6.61 Å². The number of fused-ring (bicyclic) bond motifs is 1. The van der Waals surface area contributed by atoms with Crippen molar-refractivity contribution in [2.75, 3.05) is 0 Å². The molecule has 5 nitrogen and oxygen atoms in total. The molecule has 0 atom stereocenters. The smallest absolute Gasteiger partial charge is 0.184 e. The fourth-order valence-electron chi connectivity index (χ4n) is 1.32. The van der Waals surface area contributed by atoms with Crippen LogP contribution in [-0.2, 0) is 6.61 Å². The normalized spacial score (nSPS) is 10.6. The standard InChI is InChI=1S/C9H8N2O3/c12-3-5-1-7(13)9(14)8-6(5)2-10-4-11-8/h1-2,4,12-14H,3H2. The van der Waals surface area contributed by atoms with Crippen LogP contribution in [0.1, 0.15) is 5.56 Å². The summed E-state index contributed by atoms with van der Waals surface area (Å²) < 4.78 is 0. The second-order valence-electron chi connectivity index (χ2n) is 2.85. The van der Waals surface area contributed by atoms with Gasteiger partial charge < -0.3 is 15.3 Å². The second-order valence-corrected chi connectivity index (χ2v) is 2.85. The number of aliphatic hydroxyl groups excluding tert-OH is 1. The maximum atomic E-state index is 9.46. The van der Waals surface area contributed by atoms with Crippen LogP contribution in [0.15, 0.2) is 18.6 Å². The van der Waals surface area contributed by atoms with Gasteiger partial charge in [-0.1, -0.05) is 0 Å². The maximum Gasteiger partial charge on any atom is 0.184 e. The minimum Gasteiger partial charge on any atom is -0.504 e. The summed E-state index contributed by atoms with van der Waals surface area (Å²) in [5, 5.41) is 28.3. The van der Waals surface area contributed by atoms with Gasteiger partial charge in [0.1, 0.15) is 11.8 Å². The van der Waals surface area contributed by atoms with Crippen molar-refractivity contribution in [3.05, 3.63) is 24.2 Å². The average Bonchev–Trinajstić information content (AvgIpc) is 2.23. The Kier molecular flexibility index (Phi) is 1.94. The van der Waals surface area contributed by atoms with Crippen LogP contribution in [0.25, 0.3) is 10.9 Å². The topological polar surface area (TPSA) is 86.5 Å². The summed E-state index contributed by atoms with van der Waals surface area (Å²) in [4.78, 5) is 7.60. The molecular formula is C9H8N2O3. The zero-order chi connectivity index (χ0) is 10.1. The van der Waals surface area contributed by atoms with Crippen LogP contribution in [0.4, 0.5) is 0 Å². The average molecular weight is 192 g/mol. The zero-order valence-electron chi connectivity index (χ0n) is 7.18. The van der Waals surface area contributed by atoms with Crippen LogP contribution in [0.2, 0.25) is 0 Å². The maximum absolute atomic E-state index is 9.46. The lowest BCUT2D eigenvalue weighted by molar-refractivity contribution is 0.282. The molecule has 0 bridgehead atoms. The lowest BCUT2D eigenvalue weighted by Gasteiger charge is -2.05. The third-order valence-electron chi connectivity index (χ3n) is 2.01. The lowest BCUT2D eigenvalue weighted by atomic mass is 10.1. The van der Waals surface area contributed by atoms with Crippen molar-refractivity contribution in [1.29, 1.82) is 0 Å². The molecule has 5 heteroatoms. The Hall–Kier alpha value is -1.88. The van der Waals surface area contributed by atoms with E-state index in [0.29, 0.717) is 10.9 Å². The highest BCUT2D eigenvalue weighted by Gasteiger charge is 2.10. The first-order valence-corrected chi connectivity index (χ1v) is 3.98. The van der Waals surface area contributed by atoms with E-state index in [1.54, 1.807) is 0 Å². The van der Waals surface area contributed by atoms with E-state index in [1.165, 1.54) is 18.6 Å². The van der Waals surface area contributed by atoms with E-state index in [9.17, 15) is 10.2 Å². The molecule has 0 aliphatic carbocycles. The summed E-state index contributed by atoms with van der Waals surface area (Å²) in [6.07, 6.45) is 2.75. The molecule has 14 heavy (non-hydrogen) atoms. The van der Waals surface area contributed by atoms with Gasteiger partial charge in [0, 0.05) is 11.6 Å². The van der Waals surface area contributed by atoms with Gasteiger partial charge in [0.2, 0.25) is 0 Å². The van der Waals surface area contributed by atoms with Crippen LogP contribution < -0.4 is 0 Å². The Bertz CT molecular complexity index is 485. The third-order valence-corrected chi connectivity index (χ3v) is 2.01. The molecule has 1 aromatic heterocycles. The molecule has 1 aromatic carbocycles. The number of rotatable bonds is 1. The molecule has 0 fully saturated rings. The van der Waals surface area contributed by atoms with E-state index >= 15 is 0 Å². The van der Waals surface area contributed by atoms with E-state index in [1.807, 2.05) is 0 Å². The van der Waals surface area contributed by atoms with Crippen LogP contribution in [0, 0.1) is 0 Å². The van der Waals surface area contributed by atoms with Crippen LogP contribution in [-0.4, -0.2) is 25.3 Å². The van der Waals surface area contributed by atoms with Crippen LogP contribution >= 0.6 is 0 Å². The van der Waals surface area contributed by atoms with Crippen molar-refractivity contribution in [3.63, 3.8) is 0 Å². The SMILES string of the molecule is OCc1cc(O)c(O)c2ncncc12. The highest BCUT2D eigenvalue weighted by Crippen LogP contribution is 2.34. The second kappa shape index (κ2) is 3.12. The third kappa shape index (κ3) is 1.14. The van der Waals surface area contributed by atoms with Crippen LogP contribution in [0.5, 0.6) is 11.5 Å². The van der Waals surface area contributed by atoms with Gasteiger partial charge in [-0.3, -0.25) is 0 Å². The summed E-state index contributed by atoms with van der Waals surface area (Å²) in [5.74, 6) is -0.583. The summed E-state index contributed by atoms with van der Waals surface area (Å²) in [5.41, 5.74) is 0.722. The Morgan fingerprint density at radius 1 is 1.29 bits per heavy atom. The van der Waals surface area contributed by atoms with Gasteiger partial charge in [0.25, 0.3) is 0 Å². The van der Waals surface area contributed by atoms with E-state index in [2.05, 4.69) is 9.97 Å². The number of aliphatic hydroxyl groups is 1. The van der Waals surface area contributed by atoms with Crippen molar-refractivity contribution >= 4 is 10.9 Å². The number of phenolic OH excluding ortho intramolecular Hbond substituents is 2. The van der Waals surface area contributed by atoms with Gasteiger partial charge in [0.15, 0.2) is 11.5 Å². The molecule has 0 radical (unpaired) electrons. The number of benzene rings is 1. The number of nitrogens with zero attached hydrogens (tertiary/aromatic N) is 2. The van der Waals surface area contributed by atoms with E-state index < -0.39 is 0 Å². The molecule has 0 amide bonds. The highest BCUT2D eigenvalue weighted by molar-refractivity contribution is 5.88. The van der Waals surface area contributed by atoms with Crippen molar-refractivity contribution in [3.8, 4) is 11.5 Å². The quantitative estimate of drug-likeness (QED) is 0.574. The molecule has 2 aromatic rings. The summed E-state index contributed by atoms with van der Waals surface area (Å²) in [7, 11) is 0. The van der Waals surface area contributed by atoms with Gasteiger partial charge in [-0.25, -0.2) is 9.97 Å². The lowest BCUT2D eigenvalue weighted by Crippen LogP contribution is -1.90. The zero-order valence-corrected chi connectivity index (χ0v) is 7.18. The number of phenols is 2. The molecule has 2 rings (SSSR count). The molecule has 0 spiro atoms. The molecule has 0 aliphatic rings. The number of aromatic nitrogens is 2. The van der Waals surface area contributed by atoms with Crippen molar-refractivity contribution < 1.29 is 15.3 Å². The molecule has 3 N–H and O–H groups in total. The molecule has 0 saturated heterocycles. The number of aromatic hydroxyl groups is 2. The van der Waals surface area contributed by atoms with Gasteiger partial charge in [-0.2, -0.15) is 0 Å². The summed E-state index contributed by atoms with van der Waals surface area (Å²) in [6.45, 7) is -0.238. The van der Waals surface area contributed by atoms with Gasteiger partial charge in [-0.05, 0) is 11.6 Å². The predicted octanol–water partition coefficient (Wildman–Crippen LogP) is 0.533. The molecular weight excluding hydrogens is 184 g/mol. The number of hydrogen-bond acceptors (Lipinski definition) is 5. The van der Waals surface area contributed by atoms with E-state index in [4.69, 9.17) is 5.11 Å². The van der Waals surface area contributed by atoms with E-state index in [0.717, 1.165) is 0 Å². The largest absolute Gasteiger partial charge is 0.504 e. The molecule has 0 unspecified atom stereocenters. The predicted molar refractivity (Wildman–Crippen MR) is 48.8 cm³/mol. The summed E-state index contributed by atoms with van der Waals surface area (Å²) in [6, 6.07) is 1.29. The Morgan fingerprint density at radius 3 is 2.79 bits per heavy atom. The minimum atomic E-state index is -0.292. The number of hydrogen-bond donors (Lipinski definition) is 3. The molecule has 1 heterocycles. The summed E-state index contributed by atoms with van der Waals surface area (Å²) >= 11 is 0. The molecule has 0 aliphatic heterocycles. The van der Waals surface area contributed by atoms with Crippen LogP contribution in [0.3, 0.4) is 0 Å². The first-order valence-electron chi connectivity index (χ1n) is 3.98. The van der Waals surface area contributed by atoms with Crippen molar-refractivity contribution in [2.45, 2.75) is 6.61 Å². The van der Waals surface area contributed by atoms with Crippen molar-refractivity contribution in [2.24, 2.45) is 0 Å². The van der Waals surface area contributed by atoms with E-state index in [-0.39, 0.29) is 23.6 Å². The van der Waals surface area contributed by atoms with Crippen molar-refractivity contribution in [1.82, 2.24) is 9.97 Å². The highest BCUT2D eigenvalue weighted by atomic mass is 16.3. The van der Waals surface area contributed by atoms with Gasteiger partial charge >= 0.3 is 0 Å². The monoisotopic (exact) mass is 192 g/mol.